The average Bonchev–Trinajstić information content (AvgIpc) is 2.71. The van der Waals surface area contributed by atoms with Crippen molar-refractivity contribution in [1.29, 1.82) is 5.26 Å². The van der Waals surface area contributed by atoms with Crippen LogP contribution in [0.25, 0.3) is 11.3 Å². The predicted molar refractivity (Wildman–Crippen MR) is 62.9 cm³/mol. The normalized spacial score (nSPS) is 10.1. The van der Waals surface area contributed by atoms with Crippen LogP contribution in [0, 0.1) is 18.3 Å². The van der Waals surface area contributed by atoms with Gasteiger partial charge in [0.15, 0.2) is 0 Å². The standard InChI is InChI=1S/C13H13N3/c1-3-12-15-9(2)13(16-12)11-6-4-10(8-14)5-7-11/h4-7H,3H2,1-2H3,(H,15,16). The summed E-state index contributed by atoms with van der Waals surface area (Å²) in [6.45, 7) is 4.08. The number of imidazole rings is 1. The van der Waals surface area contributed by atoms with E-state index in [1.807, 2.05) is 31.2 Å². The molecule has 3 nitrogen and oxygen atoms in total. The zero-order valence-corrected chi connectivity index (χ0v) is 9.41. The van der Waals surface area contributed by atoms with E-state index in [-0.39, 0.29) is 0 Å². The minimum absolute atomic E-state index is 0.674. The number of benzene rings is 1. The van der Waals surface area contributed by atoms with Gasteiger partial charge in [0.25, 0.3) is 0 Å². The number of nitrogens with one attached hydrogen (secondary N) is 1. The van der Waals surface area contributed by atoms with Gasteiger partial charge in [-0.25, -0.2) is 4.98 Å². The van der Waals surface area contributed by atoms with Gasteiger partial charge in [0.2, 0.25) is 0 Å². The lowest BCUT2D eigenvalue weighted by atomic mass is 10.1. The summed E-state index contributed by atoms with van der Waals surface area (Å²) in [5, 5.41) is 8.72. The maximum absolute atomic E-state index is 8.72. The van der Waals surface area contributed by atoms with E-state index in [1.54, 1.807) is 0 Å². The zero-order valence-electron chi connectivity index (χ0n) is 9.41. The molecule has 0 atom stereocenters. The lowest BCUT2D eigenvalue weighted by Gasteiger charge is -1.97. The summed E-state index contributed by atoms with van der Waals surface area (Å²) >= 11 is 0. The SMILES string of the molecule is CCc1nc(-c2ccc(C#N)cc2)c(C)[nH]1. The number of hydrogen-bond acceptors (Lipinski definition) is 2. The van der Waals surface area contributed by atoms with E-state index in [0.717, 1.165) is 29.2 Å². The molecule has 0 radical (unpaired) electrons. The number of H-pyrrole nitrogens is 1. The number of aromatic amines is 1. The van der Waals surface area contributed by atoms with Crippen LogP contribution in [0.5, 0.6) is 0 Å². The Bertz CT molecular complexity index is 529. The highest BCUT2D eigenvalue weighted by molar-refractivity contribution is 5.62. The van der Waals surface area contributed by atoms with Crippen LogP contribution in [0.3, 0.4) is 0 Å². The van der Waals surface area contributed by atoms with E-state index in [9.17, 15) is 0 Å². The monoisotopic (exact) mass is 211 g/mol. The Morgan fingerprint density at radius 1 is 1.31 bits per heavy atom. The molecule has 0 saturated heterocycles. The van der Waals surface area contributed by atoms with Gasteiger partial charge in [0.05, 0.1) is 17.3 Å². The molecule has 0 unspecified atom stereocenters. The predicted octanol–water partition coefficient (Wildman–Crippen LogP) is 2.82. The molecule has 2 rings (SSSR count). The molecule has 0 aliphatic carbocycles. The minimum Gasteiger partial charge on any atom is -0.346 e. The van der Waals surface area contributed by atoms with Gasteiger partial charge in [0, 0.05) is 17.7 Å². The van der Waals surface area contributed by atoms with Crippen molar-refractivity contribution in [3.63, 3.8) is 0 Å². The highest BCUT2D eigenvalue weighted by Gasteiger charge is 2.07. The van der Waals surface area contributed by atoms with E-state index in [0.29, 0.717) is 5.56 Å². The van der Waals surface area contributed by atoms with Gasteiger partial charge in [-0.3, -0.25) is 0 Å². The molecule has 1 aromatic carbocycles. The fraction of sp³-hybridized carbons (Fsp3) is 0.231. The number of aromatic nitrogens is 2. The zero-order chi connectivity index (χ0) is 11.5. The fourth-order valence-electron chi connectivity index (χ4n) is 1.67. The van der Waals surface area contributed by atoms with Crippen LogP contribution in [-0.2, 0) is 6.42 Å². The maximum Gasteiger partial charge on any atom is 0.106 e. The summed E-state index contributed by atoms with van der Waals surface area (Å²) in [4.78, 5) is 7.76. The van der Waals surface area contributed by atoms with Crippen molar-refractivity contribution in [2.24, 2.45) is 0 Å². The molecule has 1 heterocycles. The van der Waals surface area contributed by atoms with Crippen molar-refractivity contribution in [2.75, 3.05) is 0 Å². The van der Waals surface area contributed by atoms with Crippen molar-refractivity contribution in [3.05, 3.63) is 41.3 Å². The molecule has 0 amide bonds. The number of hydrogen-bond donors (Lipinski definition) is 1. The summed E-state index contributed by atoms with van der Waals surface area (Å²) < 4.78 is 0. The van der Waals surface area contributed by atoms with Gasteiger partial charge in [-0.15, -0.1) is 0 Å². The van der Waals surface area contributed by atoms with Gasteiger partial charge in [-0.2, -0.15) is 5.26 Å². The summed E-state index contributed by atoms with van der Waals surface area (Å²) in [5.74, 6) is 0.997. The van der Waals surface area contributed by atoms with Crippen LogP contribution in [0.1, 0.15) is 24.0 Å². The van der Waals surface area contributed by atoms with E-state index < -0.39 is 0 Å². The number of rotatable bonds is 2. The summed E-state index contributed by atoms with van der Waals surface area (Å²) in [7, 11) is 0. The van der Waals surface area contributed by atoms with Crippen LogP contribution in [0.4, 0.5) is 0 Å². The van der Waals surface area contributed by atoms with Gasteiger partial charge >= 0.3 is 0 Å². The van der Waals surface area contributed by atoms with Crippen LogP contribution in [0.15, 0.2) is 24.3 Å². The maximum atomic E-state index is 8.72. The quantitative estimate of drug-likeness (QED) is 0.830. The minimum atomic E-state index is 0.674. The Balaban J connectivity index is 2.42. The molecular weight excluding hydrogens is 198 g/mol. The van der Waals surface area contributed by atoms with Gasteiger partial charge in [-0.05, 0) is 19.1 Å². The third kappa shape index (κ3) is 1.82. The Morgan fingerprint density at radius 2 is 2.00 bits per heavy atom. The average molecular weight is 211 g/mol. The molecule has 0 fully saturated rings. The Labute approximate surface area is 94.8 Å². The Hall–Kier alpha value is -2.08. The smallest absolute Gasteiger partial charge is 0.106 e. The van der Waals surface area contributed by atoms with Crippen LogP contribution < -0.4 is 0 Å². The van der Waals surface area contributed by atoms with Crippen molar-refractivity contribution < 1.29 is 0 Å². The van der Waals surface area contributed by atoms with Crippen LogP contribution in [-0.4, -0.2) is 9.97 Å². The second kappa shape index (κ2) is 4.19. The Kier molecular flexibility index (Phi) is 2.74. The van der Waals surface area contributed by atoms with Crippen molar-refractivity contribution in [2.45, 2.75) is 20.3 Å². The van der Waals surface area contributed by atoms with Crippen LogP contribution >= 0.6 is 0 Å². The molecular formula is C13H13N3. The molecule has 1 N–H and O–H groups in total. The first-order valence-electron chi connectivity index (χ1n) is 5.30. The fourth-order valence-corrected chi connectivity index (χ4v) is 1.67. The molecule has 1 aromatic heterocycles. The van der Waals surface area contributed by atoms with Crippen molar-refractivity contribution >= 4 is 0 Å². The van der Waals surface area contributed by atoms with E-state index in [1.165, 1.54) is 0 Å². The van der Waals surface area contributed by atoms with Crippen molar-refractivity contribution in [1.82, 2.24) is 9.97 Å². The second-order valence-electron chi connectivity index (χ2n) is 3.70. The highest BCUT2D eigenvalue weighted by atomic mass is 14.9. The van der Waals surface area contributed by atoms with E-state index in [4.69, 9.17) is 5.26 Å². The molecule has 0 spiro atoms. The van der Waals surface area contributed by atoms with Gasteiger partial charge < -0.3 is 4.98 Å². The highest BCUT2D eigenvalue weighted by Crippen LogP contribution is 2.21. The summed E-state index contributed by atoms with van der Waals surface area (Å²) in [6, 6.07) is 9.60. The third-order valence-electron chi connectivity index (χ3n) is 2.56. The number of nitriles is 1. The number of nitrogens with zero attached hydrogens (tertiary/aromatic N) is 2. The lowest BCUT2D eigenvalue weighted by Crippen LogP contribution is -1.83. The first-order chi connectivity index (χ1) is 7.74. The van der Waals surface area contributed by atoms with Gasteiger partial charge in [0.1, 0.15) is 5.82 Å². The number of aryl methyl sites for hydroxylation is 2. The molecule has 0 saturated carbocycles. The van der Waals surface area contributed by atoms with E-state index in [2.05, 4.69) is 23.0 Å². The van der Waals surface area contributed by atoms with E-state index >= 15 is 0 Å². The van der Waals surface area contributed by atoms with Crippen molar-refractivity contribution in [3.8, 4) is 17.3 Å². The summed E-state index contributed by atoms with van der Waals surface area (Å²) in [6.07, 6.45) is 0.900. The second-order valence-corrected chi connectivity index (χ2v) is 3.70. The van der Waals surface area contributed by atoms with Gasteiger partial charge in [-0.1, -0.05) is 19.1 Å². The molecule has 80 valence electrons. The topological polar surface area (TPSA) is 52.5 Å². The molecule has 0 aliphatic heterocycles. The molecule has 0 aliphatic rings. The first kappa shape index (κ1) is 10.4. The first-order valence-corrected chi connectivity index (χ1v) is 5.30. The third-order valence-corrected chi connectivity index (χ3v) is 2.56. The molecule has 2 aromatic rings. The molecule has 16 heavy (non-hydrogen) atoms. The van der Waals surface area contributed by atoms with Crippen LogP contribution in [0.2, 0.25) is 0 Å². The molecule has 0 bridgehead atoms. The molecule has 3 heteroatoms. The lowest BCUT2D eigenvalue weighted by molar-refractivity contribution is 0.982. The largest absolute Gasteiger partial charge is 0.346 e. The summed E-state index contributed by atoms with van der Waals surface area (Å²) in [5.41, 5.74) is 3.77. The Morgan fingerprint density at radius 3 is 2.50 bits per heavy atom.